The molecule has 0 amide bonds. The summed E-state index contributed by atoms with van der Waals surface area (Å²) < 4.78 is 0. The summed E-state index contributed by atoms with van der Waals surface area (Å²) in [7, 11) is 0. The van der Waals surface area contributed by atoms with Crippen molar-refractivity contribution in [1.29, 1.82) is 0 Å². The second-order valence-corrected chi connectivity index (χ2v) is 12.5. The maximum absolute atomic E-state index is 14.8. The maximum Gasteiger partial charge on any atom is 0.170 e. The van der Waals surface area contributed by atoms with Gasteiger partial charge in [0.05, 0.1) is 5.41 Å². The molecule has 3 aliphatic rings. The molecule has 1 fully saturated rings. The topological polar surface area (TPSA) is 34.1 Å². The van der Waals surface area contributed by atoms with Gasteiger partial charge in [-0.05, 0) is 65.5 Å². The summed E-state index contributed by atoms with van der Waals surface area (Å²) in [5, 5.41) is 0. The number of benzene rings is 4. The zero-order valence-electron chi connectivity index (χ0n) is 21.4. The van der Waals surface area contributed by atoms with Crippen LogP contribution in [0.25, 0.3) is 0 Å². The Morgan fingerprint density at radius 3 is 1.74 bits per heavy atom. The fraction of sp³-hybridized carbons (Fsp3) is 0.235. The van der Waals surface area contributed by atoms with Crippen molar-refractivity contribution in [3.63, 3.8) is 0 Å². The van der Waals surface area contributed by atoms with Crippen molar-refractivity contribution in [2.45, 2.75) is 34.0 Å². The van der Waals surface area contributed by atoms with Crippen molar-refractivity contribution in [3.05, 3.63) is 130 Å². The lowest BCUT2D eigenvalue weighted by atomic mass is 9.62. The normalized spacial score (nSPS) is 27.0. The van der Waals surface area contributed by atoms with E-state index < -0.39 is 5.41 Å². The van der Waals surface area contributed by atoms with Crippen LogP contribution >= 0.6 is 23.5 Å². The van der Waals surface area contributed by atoms with Gasteiger partial charge in [-0.3, -0.25) is 9.59 Å². The molecule has 0 N–H and O–H groups in total. The van der Waals surface area contributed by atoms with E-state index in [4.69, 9.17) is 0 Å². The van der Waals surface area contributed by atoms with Crippen LogP contribution in [0, 0.1) is 11.3 Å². The molecule has 4 aromatic carbocycles. The number of thioether (sulfide) groups is 2. The molecule has 0 heterocycles. The van der Waals surface area contributed by atoms with Crippen LogP contribution in [0.2, 0.25) is 0 Å². The van der Waals surface area contributed by atoms with Crippen LogP contribution in [-0.4, -0.2) is 24.1 Å². The third kappa shape index (κ3) is 3.23. The molecular formula is C34H28O2S2. The van der Waals surface area contributed by atoms with Crippen LogP contribution in [0.4, 0.5) is 0 Å². The van der Waals surface area contributed by atoms with Crippen LogP contribution in [-0.2, 0) is 6.42 Å². The molecule has 0 saturated heterocycles. The predicted octanol–water partition coefficient (Wildman–Crippen LogP) is 8.03. The van der Waals surface area contributed by atoms with Gasteiger partial charge in [0.2, 0.25) is 0 Å². The largest absolute Gasteiger partial charge is 0.294 e. The Bertz CT molecular complexity index is 1570. The third-order valence-corrected chi connectivity index (χ3v) is 10.7. The predicted molar refractivity (Wildman–Crippen MR) is 156 cm³/mol. The lowest BCUT2D eigenvalue weighted by Gasteiger charge is -2.38. The summed E-state index contributed by atoms with van der Waals surface area (Å²) >= 11 is 3.43. The van der Waals surface area contributed by atoms with E-state index in [0.717, 1.165) is 33.4 Å². The molecule has 0 unspecified atom stereocenters. The summed E-state index contributed by atoms with van der Waals surface area (Å²) in [6, 6.07) is 33.6. The van der Waals surface area contributed by atoms with Gasteiger partial charge in [0.25, 0.3) is 0 Å². The Morgan fingerprint density at radius 1 is 0.632 bits per heavy atom. The third-order valence-electron chi connectivity index (χ3n) is 9.22. The SMILES string of the molecule is CSc1ccc([C@H]2[C@@H]3C(=O)c4ccccc4[C@@H]3[C@H](c3ccc(SC)cc3)[C@]23Cc2ccccc2C3=O)cc1. The molecule has 1 spiro atoms. The van der Waals surface area contributed by atoms with E-state index >= 15 is 0 Å². The van der Waals surface area contributed by atoms with Crippen LogP contribution in [0.3, 0.4) is 0 Å². The summed E-state index contributed by atoms with van der Waals surface area (Å²) in [6.45, 7) is 0. The van der Waals surface area contributed by atoms with Crippen molar-refractivity contribution in [2.24, 2.45) is 11.3 Å². The molecule has 0 radical (unpaired) electrons. The zero-order chi connectivity index (χ0) is 26.0. The van der Waals surface area contributed by atoms with Gasteiger partial charge in [0, 0.05) is 44.6 Å². The quantitative estimate of drug-likeness (QED) is 0.249. The molecule has 0 bridgehead atoms. The van der Waals surface area contributed by atoms with Crippen molar-refractivity contribution in [1.82, 2.24) is 0 Å². The number of Topliss-reactive ketones (excluding diaryl/α,β-unsaturated/α-hetero) is 2. The molecule has 7 rings (SSSR count). The van der Waals surface area contributed by atoms with Crippen molar-refractivity contribution in [3.8, 4) is 0 Å². The first-order chi connectivity index (χ1) is 18.6. The van der Waals surface area contributed by atoms with Gasteiger partial charge in [0.1, 0.15) is 0 Å². The van der Waals surface area contributed by atoms with Gasteiger partial charge in [-0.2, -0.15) is 0 Å². The smallest absolute Gasteiger partial charge is 0.170 e. The van der Waals surface area contributed by atoms with Gasteiger partial charge >= 0.3 is 0 Å². The maximum atomic E-state index is 14.8. The molecule has 38 heavy (non-hydrogen) atoms. The summed E-state index contributed by atoms with van der Waals surface area (Å²) in [6.07, 6.45) is 4.82. The Balaban J connectivity index is 1.52. The number of ketones is 2. The number of fused-ring (bicyclic) bond motifs is 4. The highest BCUT2D eigenvalue weighted by Crippen LogP contribution is 2.72. The van der Waals surface area contributed by atoms with Crippen LogP contribution in [0.1, 0.15) is 60.7 Å². The second kappa shape index (κ2) is 9.00. The Kier molecular flexibility index (Phi) is 5.68. The summed E-state index contributed by atoms with van der Waals surface area (Å²) in [5.74, 6) is -0.213. The van der Waals surface area contributed by atoms with E-state index in [-0.39, 0.29) is 35.2 Å². The number of hydrogen-bond donors (Lipinski definition) is 0. The van der Waals surface area contributed by atoms with Gasteiger partial charge in [-0.25, -0.2) is 0 Å². The fourth-order valence-electron chi connectivity index (χ4n) is 7.80. The highest BCUT2D eigenvalue weighted by molar-refractivity contribution is 7.98. The molecular weight excluding hydrogens is 505 g/mol. The van der Waals surface area contributed by atoms with E-state index in [0.29, 0.717) is 6.42 Å². The molecule has 2 nitrogen and oxygen atoms in total. The van der Waals surface area contributed by atoms with Gasteiger partial charge in [-0.15, -0.1) is 23.5 Å². The number of rotatable bonds is 4. The minimum Gasteiger partial charge on any atom is -0.294 e. The minimum atomic E-state index is -0.718. The lowest BCUT2D eigenvalue weighted by Crippen LogP contribution is -2.38. The standard InChI is InChI=1S/C34H28O2S2/c1-37-23-15-11-20(12-16-23)30-28-26-9-5-6-10-27(26)32(35)29(28)31(21-13-17-24(38-2)18-14-21)34(30)19-22-7-3-4-8-25(22)33(34)36/h3-18,28-31H,19H2,1-2H3/t28-,29+,30-,31-,34+/m0/s1. The number of hydrogen-bond acceptors (Lipinski definition) is 4. The zero-order valence-corrected chi connectivity index (χ0v) is 23.0. The van der Waals surface area contributed by atoms with E-state index in [1.54, 1.807) is 23.5 Å². The Morgan fingerprint density at radius 2 is 1.16 bits per heavy atom. The summed E-state index contributed by atoms with van der Waals surface area (Å²) in [4.78, 5) is 31.4. The van der Waals surface area contributed by atoms with Crippen LogP contribution in [0.15, 0.2) is 107 Å². The first kappa shape index (κ1) is 24.0. The molecule has 188 valence electrons. The van der Waals surface area contributed by atoms with E-state index in [1.807, 2.05) is 36.4 Å². The van der Waals surface area contributed by atoms with E-state index in [9.17, 15) is 9.59 Å². The number of carbonyl (C=O) groups excluding carboxylic acids is 2. The van der Waals surface area contributed by atoms with Crippen LogP contribution < -0.4 is 0 Å². The highest BCUT2D eigenvalue weighted by atomic mass is 32.2. The monoisotopic (exact) mass is 532 g/mol. The van der Waals surface area contributed by atoms with Crippen molar-refractivity contribution < 1.29 is 9.59 Å². The number of carbonyl (C=O) groups is 2. The van der Waals surface area contributed by atoms with Gasteiger partial charge in [0.15, 0.2) is 11.6 Å². The second-order valence-electron chi connectivity index (χ2n) is 10.7. The molecule has 0 aliphatic heterocycles. The lowest BCUT2D eigenvalue weighted by molar-refractivity contribution is 0.0745. The van der Waals surface area contributed by atoms with E-state index in [2.05, 4.69) is 73.2 Å². The molecule has 4 aromatic rings. The van der Waals surface area contributed by atoms with Gasteiger partial charge < -0.3 is 0 Å². The molecule has 0 aromatic heterocycles. The van der Waals surface area contributed by atoms with E-state index in [1.165, 1.54) is 9.79 Å². The first-order valence-electron chi connectivity index (χ1n) is 13.1. The first-order valence-corrected chi connectivity index (χ1v) is 15.6. The average molecular weight is 533 g/mol. The highest BCUT2D eigenvalue weighted by Gasteiger charge is 2.70. The summed E-state index contributed by atoms with van der Waals surface area (Å²) in [5.41, 5.74) is 5.41. The van der Waals surface area contributed by atoms with Crippen LogP contribution in [0.5, 0.6) is 0 Å². The molecule has 5 atom stereocenters. The molecule has 4 heteroatoms. The molecule has 1 saturated carbocycles. The van der Waals surface area contributed by atoms with Crippen molar-refractivity contribution >= 4 is 35.1 Å². The Labute approximate surface area is 232 Å². The van der Waals surface area contributed by atoms with Gasteiger partial charge in [-0.1, -0.05) is 72.8 Å². The average Bonchev–Trinajstić information content (AvgIpc) is 3.54. The molecule has 3 aliphatic carbocycles. The van der Waals surface area contributed by atoms with Crippen molar-refractivity contribution in [2.75, 3.05) is 12.5 Å². The Hall–Kier alpha value is -3.08. The minimum absolute atomic E-state index is 0.0395. The fourth-order valence-corrected chi connectivity index (χ4v) is 8.62.